The number of carbonyl (C=O) groups is 1. The molecule has 21 heavy (non-hydrogen) atoms. The smallest absolute Gasteiger partial charge is 0.257 e. The molecule has 1 amide bonds. The Labute approximate surface area is 135 Å². The Bertz CT molecular complexity index is 600. The third kappa shape index (κ3) is 4.20. The van der Waals surface area contributed by atoms with Crippen LogP contribution in [0.15, 0.2) is 30.5 Å². The number of aromatic amines is 1. The molecule has 2 rings (SSSR count). The van der Waals surface area contributed by atoms with Crippen LogP contribution in [0.1, 0.15) is 10.4 Å². The number of halogens is 2. The van der Waals surface area contributed by atoms with Crippen LogP contribution in [0.5, 0.6) is 0 Å². The minimum Gasteiger partial charge on any atom is -0.340 e. The molecule has 0 saturated carbocycles. The molecule has 7 heteroatoms. The SMILES string of the molecule is CNCCN(C)C(=O)c1cn[nH]c1-c1cccc(Cl)c1.Cl. The number of hydrogen-bond acceptors (Lipinski definition) is 3. The Kier molecular flexibility index (Phi) is 6.68. The van der Waals surface area contributed by atoms with Crippen LogP contribution in [0.25, 0.3) is 11.3 Å². The molecule has 1 heterocycles. The van der Waals surface area contributed by atoms with Crippen LogP contribution in [0, 0.1) is 0 Å². The topological polar surface area (TPSA) is 61.0 Å². The first-order valence-corrected chi connectivity index (χ1v) is 6.70. The quantitative estimate of drug-likeness (QED) is 0.886. The normalized spacial score (nSPS) is 10.0. The summed E-state index contributed by atoms with van der Waals surface area (Å²) in [5.74, 6) is -0.0658. The van der Waals surface area contributed by atoms with Crippen molar-refractivity contribution < 1.29 is 4.79 Å². The lowest BCUT2D eigenvalue weighted by molar-refractivity contribution is 0.0797. The Balaban J connectivity index is 0.00000220. The molecule has 5 nitrogen and oxygen atoms in total. The number of nitrogens with one attached hydrogen (secondary N) is 2. The van der Waals surface area contributed by atoms with E-state index in [4.69, 9.17) is 11.6 Å². The van der Waals surface area contributed by atoms with Gasteiger partial charge in [0.1, 0.15) is 0 Å². The van der Waals surface area contributed by atoms with Crippen molar-refractivity contribution >= 4 is 29.9 Å². The highest BCUT2D eigenvalue weighted by atomic mass is 35.5. The molecule has 1 aromatic carbocycles. The fourth-order valence-corrected chi connectivity index (χ4v) is 2.09. The number of H-pyrrole nitrogens is 1. The van der Waals surface area contributed by atoms with Crippen molar-refractivity contribution in [3.63, 3.8) is 0 Å². The second kappa shape index (κ2) is 8.02. The zero-order valence-corrected chi connectivity index (χ0v) is 13.5. The van der Waals surface area contributed by atoms with E-state index in [1.165, 1.54) is 0 Å². The molecule has 0 radical (unpaired) electrons. The lowest BCUT2D eigenvalue weighted by atomic mass is 10.1. The van der Waals surface area contributed by atoms with Crippen LogP contribution >= 0.6 is 24.0 Å². The summed E-state index contributed by atoms with van der Waals surface area (Å²) in [5, 5.41) is 10.5. The van der Waals surface area contributed by atoms with Gasteiger partial charge in [-0.1, -0.05) is 23.7 Å². The van der Waals surface area contributed by atoms with Crippen LogP contribution in [0.2, 0.25) is 5.02 Å². The Morgan fingerprint density at radius 1 is 1.48 bits per heavy atom. The Morgan fingerprint density at radius 2 is 2.24 bits per heavy atom. The summed E-state index contributed by atoms with van der Waals surface area (Å²) >= 11 is 5.99. The van der Waals surface area contributed by atoms with Crippen molar-refractivity contribution in [3.8, 4) is 11.3 Å². The third-order valence-corrected chi connectivity index (χ3v) is 3.26. The first-order chi connectivity index (χ1) is 9.63. The van der Waals surface area contributed by atoms with Gasteiger partial charge in [-0.2, -0.15) is 5.10 Å². The van der Waals surface area contributed by atoms with E-state index >= 15 is 0 Å². The van der Waals surface area contributed by atoms with Gasteiger partial charge in [-0.15, -0.1) is 12.4 Å². The van der Waals surface area contributed by atoms with Gasteiger partial charge in [-0.05, 0) is 19.2 Å². The summed E-state index contributed by atoms with van der Waals surface area (Å²) in [6.45, 7) is 1.38. The van der Waals surface area contributed by atoms with Crippen LogP contribution < -0.4 is 5.32 Å². The van der Waals surface area contributed by atoms with Gasteiger partial charge in [0.2, 0.25) is 0 Å². The maximum atomic E-state index is 12.4. The van der Waals surface area contributed by atoms with Crippen molar-refractivity contribution in [2.75, 3.05) is 27.2 Å². The summed E-state index contributed by atoms with van der Waals surface area (Å²) in [6.07, 6.45) is 1.55. The number of nitrogens with zero attached hydrogens (tertiary/aromatic N) is 2. The lowest BCUT2D eigenvalue weighted by Crippen LogP contribution is -2.32. The summed E-state index contributed by atoms with van der Waals surface area (Å²) in [4.78, 5) is 14.1. The van der Waals surface area contributed by atoms with E-state index < -0.39 is 0 Å². The highest BCUT2D eigenvalue weighted by molar-refractivity contribution is 6.30. The van der Waals surface area contributed by atoms with E-state index in [1.807, 2.05) is 19.2 Å². The van der Waals surface area contributed by atoms with Gasteiger partial charge in [-0.25, -0.2) is 0 Å². The molecule has 1 aromatic heterocycles. The lowest BCUT2D eigenvalue weighted by Gasteiger charge is -2.16. The highest BCUT2D eigenvalue weighted by Crippen LogP contribution is 2.24. The monoisotopic (exact) mass is 328 g/mol. The Hall–Kier alpha value is -1.56. The zero-order chi connectivity index (χ0) is 14.5. The summed E-state index contributed by atoms with van der Waals surface area (Å²) < 4.78 is 0. The number of hydrogen-bond donors (Lipinski definition) is 2. The molecule has 0 aliphatic rings. The second-order valence-corrected chi connectivity index (χ2v) is 4.94. The number of carbonyl (C=O) groups excluding carboxylic acids is 1. The number of benzene rings is 1. The van der Waals surface area contributed by atoms with Gasteiger partial charge >= 0.3 is 0 Å². The first-order valence-electron chi connectivity index (χ1n) is 6.33. The van der Waals surface area contributed by atoms with Crippen LogP contribution in [-0.2, 0) is 0 Å². The molecular weight excluding hydrogens is 311 g/mol. The largest absolute Gasteiger partial charge is 0.340 e. The van der Waals surface area contributed by atoms with Crippen molar-refractivity contribution in [3.05, 3.63) is 41.0 Å². The maximum Gasteiger partial charge on any atom is 0.257 e. The summed E-state index contributed by atoms with van der Waals surface area (Å²) in [7, 11) is 3.63. The third-order valence-electron chi connectivity index (χ3n) is 3.03. The second-order valence-electron chi connectivity index (χ2n) is 4.50. The number of aromatic nitrogens is 2. The van der Waals surface area contributed by atoms with Gasteiger partial charge in [-0.3, -0.25) is 9.89 Å². The van der Waals surface area contributed by atoms with Gasteiger partial charge in [0.05, 0.1) is 17.5 Å². The van der Waals surface area contributed by atoms with Crippen molar-refractivity contribution in [2.45, 2.75) is 0 Å². The number of rotatable bonds is 5. The fraction of sp³-hybridized carbons (Fsp3) is 0.286. The molecule has 2 N–H and O–H groups in total. The van der Waals surface area contributed by atoms with Gasteiger partial charge in [0.15, 0.2) is 0 Å². The van der Waals surface area contributed by atoms with E-state index in [0.29, 0.717) is 22.8 Å². The Morgan fingerprint density at radius 3 is 2.90 bits per heavy atom. The average Bonchev–Trinajstić information content (AvgIpc) is 2.93. The molecule has 0 aliphatic heterocycles. The fourth-order valence-electron chi connectivity index (χ4n) is 1.90. The molecule has 114 valence electrons. The minimum atomic E-state index is -0.0658. The molecule has 2 aromatic rings. The molecule has 0 saturated heterocycles. The van der Waals surface area contributed by atoms with Crippen LogP contribution in [0.4, 0.5) is 0 Å². The minimum absolute atomic E-state index is 0. The van der Waals surface area contributed by atoms with E-state index in [9.17, 15) is 4.79 Å². The average molecular weight is 329 g/mol. The molecule has 0 atom stereocenters. The van der Waals surface area contributed by atoms with Gasteiger partial charge in [0.25, 0.3) is 5.91 Å². The predicted octanol–water partition coefficient (Wildman–Crippen LogP) is 2.44. The number of amides is 1. The van der Waals surface area contributed by atoms with Gasteiger partial charge < -0.3 is 10.2 Å². The molecule has 0 aliphatic carbocycles. The van der Waals surface area contributed by atoms with Gasteiger partial charge in [0, 0.05) is 30.7 Å². The molecular formula is C14H18Cl2N4O. The van der Waals surface area contributed by atoms with Crippen molar-refractivity contribution in [1.29, 1.82) is 0 Å². The highest BCUT2D eigenvalue weighted by Gasteiger charge is 2.18. The molecule has 0 unspecified atom stereocenters. The molecule has 0 spiro atoms. The van der Waals surface area contributed by atoms with E-state index in [-0.39, 0.29) is 18.3 Å². The van der Waals surface area contributed by atoms with Crippen LogP contribution in [0.3, 0.4) is 0 Å². The predicted molar refractivity (Wildman–Crippen MR) is 87.2 cm³/mol. The van der Waals surface area contributed by atoms with E-state index in [1.54, 1.807) is 30.3 Å². The maximum absolute atomic E-state index is 12.4. The van der Waals surface area contributed by atoms with Crippen molar-refractivity contribution in [2.24, 2.45) is 0 Å². The summed E-state index contributed by atoms with van der Waals surface area (Å²) in [6, 6.07) is 7.34. The zero-order valence-electron chi connectivity index (χ0n) is 11.9. The van der Waals surface area contributed by atoms with Crippen molar-refractivity contribution in [1.82, 2.24) is 20.4 Å². The summed E-state index contributed by atoms with van der Waals surface area (Å²) in [5.41, 5.74) is 2.08. The van der Waals surface area contributed by atoms with E-state index in [0.717, 1.165) is 12.1 Å². The molecule has 0 bridgehead atoms. The van der Waals surface area contributed by atoms with Crippen LogP contribution in [-0.4, -0.2) is 48.2 Å². The standard InChI is InChI=1S/C14H17ClN4O.ClH/c1-16-6-7-19(2)14(20)12-9-17-18-13(12)10-4-3-5-11(15)8-10;/h3-5,8-9,16H,6-7H2,1-2H3,(H,17,18);1H. The number of likely N-dealkylation sites (N-methyl/N-ethyl adjacent to an activating group) is 2. The first kappa shape index (κ1) is 17.5. The van der Waals surface area contributed by atoms with E-state index in [2.05, 4.69) is 15.5 Å². The molecule has 0 fully saturated rings.